The maximum atomic E-state index is 12.4. The predicted molar refractivity (Wildman–Crippen MR) is 98.5 cm³/mol. The monoisotopic (exact) mass is 345 g/mol. The summed E-state index contributed by atoms with van der Waals surface area (Å²) in [6.45, 7) is 7.41. The van der Waals surface area contributed by atoms with Gasteiger partial charge in [0, 0.05) is 24.7 Å². The Kier molecular flexibility index (Phi) is 6.56. The van der Waals surface area contributed by atoms with Gasteiger partial charge >= 0.3 is 0 Å². The molecule has 2 atom stereocenters. The highest BCUT2D eigenvalue weighted by Gasteiger charge is 2.28. The van der Waals surface area contributed by atoms with Crippen molar-refractivity contribution in [3.05, 3.63) is 29.8 Å². The largest absolute Gasteiger partial charge is 0.385 e. The van der Waals surface area contributed by atoms with Crippen LogP contribution in [0.25, 0.3) is 0 Å². The number of amides is 2. The second-order valence-electron chi connectivity index (χ2n) is 6.64. The summed E-state index contributed by atoms with van der Waals surface area (Å²) in [6.07, 6.45) is 3.25. The van der Waals surface area contributed by atoms with Crippen LogP contribution in [0.15, 0.2) is 29.4 Å². The van der Waals surface area contributed by atoms with Crippen molar-refractivity contribution in [2.24, 2.45) is 5.16 Å². The van der Waals surface area contributed by atoms with Gasteiger partial charge in [0.15, 0.2) is 6.61 Å². The summed E-state index contributed by atoms with van der Waals surface area (Å²) >= 11 is 0. The van der Waals surface area contributed by atoms with Crippen LogP contribution in [0.5, 0.6) is 0 Å². The molecule has 1 saturated heterocycles. The third kappa shape index (κ3) is 5.31. The van der Waals surface area contributed by atoms with Crippen molar-refractivity contribution in [1.29, 1.82) is 0 Å². The van der Waals surface area contributed by atoms with E-state index < -0.39 is 0 Å². The zero-order chi connectivity index (χ0) is 18.4. The lowest BCUT2D eigenvalue weighted by atomic mass is 9.97. The number of oxime groups is 1. The molecule has 0 saturated carbocycles. The van der Waals surface area contributed by atoms with E-state index in [1.807, 2.05) is 24.0 Å². The number of rotatable bonds is 5. The quantitative estimate of drug-likeness (QED) is 0.658. The summed E-state index contributed by atoms with van der Waals surface area (Å²) in [4.78, 5) is 30.6. The molecule has 2 amide bonds. The lowest BCUT2D eigenvalue weighted by Gasteiger charge is -2.38. The normalized spacial score (nSPS) is 21.0. The number of nitrogens with one attached hydrogen (secondary N) is 1. The molecule has 1 aromatic carbocycles. The van der Waals surface area contributed by atoms with Gasteiger partial charge in [-0.25, -0.2) is 0 Å². The Balaban J connectivity index is 1.90. The summed E-state index contributed by atoms with van der Waals surface area (Å²) in [5.74, 6) is -0.126. The maximum Gasteiger partial charge on any atom is 0.263 e. The highest BCUT2D eigenvalue weighted by atomic mass is 16.6. The van der Waals surface area contributed by atoms with Crippen molar-refractivity contribution in [2.45, 2.75) is 59.0 Å². The number of hydrogen-bond acceptors (Lipinski definition) is 4. The molecular formula is C19H27N3O3. The minimum Gasteiger partial charge on any atom is -0.385 e. The van der Waals surface area contributed by atoms with Crippen molar-refractivity contribution in [3.63, 3.8) is 0 Å². The molecule has 1 N–H and O–H groups in total. The molecule has 1 fully saturated rings. The highest BCUT2D eigenvalue weighted by Crippen LogP contribution is 2.22. The molecule has 2 unspecified atom stereocenters. The number of carbonyl (C=O) groups excluding carboxylic acids is 2. The van der Waals surface area contributed by atoms with Crippen LogP contribution in [-0.2, 0) is 14.4 Å². The van der Waals surface area contributed by atoms with Crippen molar-refractivity contribution in [2.75, 3.05) is 11.9 Å². The van der Waals surface area contributed by atoms with Gasteiger partial charge in [-0.15, -0.1) is 0 Å². The fourth-order valence-corrected chi connectivity index (χ4v) is 3.22. The van der Waals surface area contributed by atoms with Gasteiger partial charge in [-0.1, -0.05) is 17.3 Å². The molecule has 1 heterocycles. The lowest BCUT2D eigenvalue weighted by molar-refractivity contribution is -0.142. The first-order valence-corrected chi connectivity index (χ1v) is 8.74. The Labute approximate surface area is 149 Å². The van der Waals surface area contributed by atoms with Crippen molar-refractivity contribution >= 4 is 23.2 Å². The Morgan fingerprint density at radius 2 is 1.76 bits per heavy atom. The molecule has 1 aromatic rings. The van der Waals surface area contributed by atoms with Gasteiger partial charge in [0.1, 0.15) is 0 Å². The zero-order valence-corrected chi connectivity index (χ0v) is 15.4. The van der Waals surface area contributed by atoms with Gasteiger partial charge in [0.25, 0.3) is 5.91 Å². The molecule has 6 heteroatoms. The Morgan fingerprint density at radius 1 is 1.16 bits per heavy atom. The topological polar surface area (TPSA) is 71.0 Å². The molecule has 2 rings (SSSR count). The molecule has 6 nitrogen and oxygen atoms in total. The van der Waals surface area contributed by atoms with E-state index in [4.69, 9.17) is 4.84 Å². The summed E-state index contributed by atoms with van der Waals surface area (Å²) in [5.41, 5.74) is 2.29. The lowest BCUT2D eigenvalue weighted by Crippen LogP contribution is -2.48. The molecule has 1 aliphatic heterocycles. The Morgan fingerprint density at radius 3 is 2.32 bits per heavy atom. The van der Waals surface area contributed by atoms with Crippen LogP contribution in [-0.4, -0.2) is 41.1 Å². The van der Waals surface area contributed by atoms with Gasteiger partial charge in [0.05, 0.1) is 5.71 Å². The maximum absolute atomic E-state index is 12.4. The van der Waals surface area contributed by atoms with E-state index in [1.54, 1.807) is 12.1 Å². The number of hydrogen-bond donors (Lipinski definition) is 1. The van der Waals surface area contributed by atoms with Gasteiger partial charge in [-0.2, -0.15) is 0 Å². The molecule has 0 aliphatic carbocycles. The fourth-order valence-electron chi connectivity index (χ4n) is 3.22. The predicted octanol–water partition coefficient (Wildman–Crippen LogP) is 3.18. The van der Waals surface area contributed by atoms with E-state index >= 15 is 0 Å². The van der Waals surface area contributed by atoms with Crippen LogP contribution in [0.1, 0.15) is 52.5 Å². The number of piperidine rings is 1. The van der Waals surface area contributed by atoms with Crippen molar-refractivity contribution in [1.82, 2.24) is 4.90 Å². The minimum absolute atomic E-state index is 0.0164. The molecule has 25 heavy (non-hydrogen) atoms. The first kappa shape index (κ1) is 19.0. The van der Waals surface area contributed by atoms with Gasteiger partial charge in [-0.05, 0) is 57.7 Å². The smallest absolute Gasteiger partial charge is 0.263 e. The van der Waals surface area contributed by atoms with E-state index in [-0.39, 0.29) is 30.5 Å². The molecule has 0 spiro atoms. The van der Waals surface area contributed by atoms with Crippen LogP contribution < -0.4 is 5.32 Å². The van der Waals surface area contributed by atoms with Crippen LogP contribution in [0.2, 0.25) is 0 Å². The average Bonchev–Trinajstić information content (AvgIpc) is 2.54. The van der Waals surface area contributed by atoms with Gasteiger partial charge in [0.2, 0.25) is 5.91 Å². The molecule has 1 aliphatic rings. The molecule has 0 radical (unpaired) electrons. The highest BCUT2D eigenvalue weighted by molar-refractivity contribution is 5.99. The zero-order valence-electron chi connectivity index (χ0n) is 15.4. The summed E-state index contributed by atoms with van der Waals surface area (Å²) < 4.78 is 0. The van der Waals surface area contributed by atoms with Crippen LogP contribution in [0.4, 0.5) is 5.69 Å². The standard InChI is InChI=1S/C19H27N3O3/c1-13-6-5-7-14(2)22(13)19(24)12-25-21-15(3)17-8-10-18(11-9-17)20-16(4)23/h8-11,13-14H,5-7,12H2,1-4H3,(H,20,23)/b21-15+. The molecule has 136 valence electrons. The third-order valence-corrected chi connectivity index (χ3v) is 4.49. The SMILES string of the molecule is CC(=O)Nc1ccc(/C(C)=N/OCC(=O)N2C(C)CCCC2C)cc1. The summed E-state index contributed by atoms with van der Waals surface area (Å²) in [7, 11) is 0. The van der Waals surface area contributed by atoms with Crippen LogP contribution >= 0.6 is 0 Å². The number of nitrogens with zero attached hydrogens (tertiary/aromatic N) is 2. The molecule has 0 bridgehead atoms. The van der Waals surface area contributed by atoms with Gasteiger partial charge < -0.3 is 15.1 Å². The second-order valence-corrected chi connectivity index (χ2v) is 6.64. The first-order valence-electron chi connectivity index (χ1n) is 8.74. The average molecular weight is 345 g/mol. The number of carbonyl (C=O) groups is 2. The van der Waals surface area contributed by atoms with Crippen LogP contribution in [0.3, 0.4) is 0 Å². The van der Waals surface area contributed by atoms with E-state index in [0.29, 0.717) is 5.71 Å². The first-order chi connectivity index (χ1) is 11.9. The van der Waals surface area contributed by atoms with E-state index in [1.165, 1.54) is 13.3 Å². The Bertz CT molecular complexity index is 630. The number of anilines is 1. The summed E-state index contributed by atoms with van der Waals surface area (Å²) in [6, 6.07) is 7.82. The molecule has 0 aromatic heterocycles. The van der Waals surface area contributed by atoms with E-state index in [9.17, 15) is 9.59 Å². The van der Waals surface area contributed by atoms with Crippen molar-refractivity contribution < 1.29 is 14.4 Å². The van der Waals surface area contributed by atoms with E-state index in [0.717, 1.165) is 24.1 Å². The van der Waals surface area contributed by atoms with Gasteiger partial charge in [-0.3, -0.25) is 9.59 Å². The number of benzene rings is 1. The fraction of sp³-hybridized carbons (Fsp3) is 0.526. The molecular weight excluding hydrogens is 318 g/mol. The summed E-state index contributed by atoms with van der Waals surface area (Å²) in [5, 5.41) is 6.77. The van der Waals surface area contributed by atoms with Crippen LogP contribution in [0, 0.1) is 0 Å². The Hall–Kier alpha value is -2.37. The second kappa shape index (κ2) is 8.65. The number of likely N-dealkylation sites (tertiary alicyclic amines) is 1. The van der Waals surface area contributed by atoms with Crippen molar-refractivity contribution in [3.8, 4) is 0 Å². The van der Waals surface area contributed by atoms with E-state index in [2.05, 4.69) is 24.3 Å². The minimum atomic E-state index is -0.110. The third-order valence-electron chi connectivity index (χ3n) is 4.49.